The largest absolute Gasteiger partial charge is 0.383 e. The average Bonchev–Trinajstić information content (AvgIpc) is 2.78. The molecule has 0 aliphatic carbocycles. The van der Waals surface area contributed by atoms with E-state index in [1.54, 1.807) is 0 Å². The smallest absolute Gasteiger partial charge is 0.292 e. The molecular formula is C13H19N3O4S. The lowest BCUT2D eigenvalue weighted by atomic mass is 10.0. The SMILES string of the molecule is CNc1cc(S(=O)(=O)N2CCCC2(C)C)ccc1[N+](=O)[O-]. The number of nitro groups is 1. The molecule has 1 saturated heterocycles. The van der Waals surface area contributed by atoms with Gasteiger partial charge in [-0.3, -0.25) is 10.1 Å². The van der Waals surface area contributed by atoms with Gasteiger partial charge in [0, 0.05) is 25.2 Å². The van der Waals surface area contributed by atoms with E-state index in [2.05, 4.69) is 5.32 Å². The molecule has 1 aliphatic rings. The zero-order valence-corrected chi connectivity index (χ0v) is 13.1. The van der Waals surface area contributed by atoms with E-state index in [1.165, 1.54) is 29.6 Å². The van der Waals surface area contributed by atoms with Crippen LogP contribution < -0.4 is 5.32 Å². The molecule has 1 aromatic carbocycles. The van der Waals surface area contributed by atoms with Crippen molar-refractivity contribution >= 4 is 21.4 Å². The molecule has 21 heavy (non-hydrogen) atoms. The highest BCUT2D eigenvalue weighted by Gasteiger charge is 2.41. The maximum atomic E-state index is 12.7. The van der Waals surface area contributed by atoms with Gasteiger partial charge in [0.25, 0.3) is 5.69 Å². The molecule has 0 spiro atoms. The molecule has 1 aromatic rings. The fraction of sp³-hybridized carbons (Fsp3) is 0.538. The highest BCUT2D eigenvalue weighted by atomic mass is 32.2. The highest BCUT2D eigenvalue weighted by Crippen LogP contribution is 2.35. The van der Waals surface area contributed by atoms with Gasteiger partial charge in [0.2, 0.25) is 10.0 Å². The summed E-state index contributed by atoms with van der Waals surface area (Å²) in [6, 6.07) is 3.84. The van der Waals surface area contributed by atoms with E-state index in [0.29, 0.717) is 6.54 Å². The molecule has 0 amide bonds. The standard InChI is InChI=1S/C13H19N3O4S/c1-13(2)7-4-8-15(13)21(19,20)10-5-6-12(16(17)18)11(9-10)14-3/h5-6,9,14H,4,7-8H2,1-3H3. The summed E-state index contributed by atoms with van der Waals surface area (Å²) in [5.74, 6) is 0. The van der Waals surface area contributed by atoms with E-state index >= 15 is 0 Å². The number of nitrogens with one attached hydrogen (secondary N) is 1. The maximum absolute atomic E-state index is 12.7. The minimum atomic E-state index is -3.65. The van der Waals surface area contributed by atoms with Crippen LogP contribution in [0.1, 0.15) is 26.7 Å². The van der Waals surface area contributed by atoms with E-state index < -0.39 is 20.5 Å². The van der Waals surface area contributed by atoms with Crippen molar-refractivity contribution in [2.24, 2.45) is 0 Å². The van der Waals surface area contributed by atoms with Gasteiger partial charge in [-0.05, 0) is 38.8 Å². The van der Waals surface area contributed by atoms with Crippen LogP contribution in [0.5, 0.6) is 0 Å². The van der Waals surface area contributed by atoms with Crippen molar-refractivity contribution in [3.63, 3.8) is 0 Å². The van der Waals surface area contributed by atoms with Crippen molar-refractivity contribution in [3.05, 3.63) is 28.3 Å². The summed E-state index contributed by atoms with van der Waals surface area (Å²) >= 11 is 0. The minimum absolute atomic E-state index is 0.0763. The number of anilines is 1. The van der Waals surface area contributed by atoms with E-state index in [1.807, 2.05) is 13.8 Å². The third-order valence-electron chi connectivity index (χ3n) is 3.85. The predicted octanol–water partition coefficient (Wildman–Crippen LogP) is 2.20. The number of sulfonamides is 1. The Hall–Kier alpha value is -1.67. The molecule has 8 heteroatoms. The lowest BCUT2D eigenvalue weighted by Gasteiger charge is -2.30. The molecule has 0 aromatic heterocycles. The van der Waals surface area contributed by atoms with Gasteiger partial charge in [-0.2, -0.15) is 4.31 Å². The van der Waals surface area contributed by atoms with Gasteiger partial charge in [-0.15, -0.1) is 0 Å². The van der Waals surface area contributed by atoms with Crippen LogP contribution in [0, 0.1) is 10.1 Å². The van der Waals surface area contributed by atoms with Crippen molar-refractivity contribution in [2.75, 3.05) is 18.9 Å². The second kappa shape index (κ2) is 5.27. The summed E-state index contributed by atoms with van der Waals surface area (Å²) in [5, 5.41) is 13.6. The number of hydrogen-bond acceptors (Lipinski definition) is 5. The van der Waals surface area contributed by atoms with Gasteiger partial charge in [-0.1, -0.05) is 0 Å². The number of rotatable bonds is 4. The van der Waals surface area contributed by atoms with Gasteiger partial charge in [0.05, 0.1) is 9.82 Å². The Balaban J connectivity index is 2.49. The first-order valence-corrected chi connectivity index (χ1v) is 8.13. The van der Waals surface area contributed by atoms with Crippen molar-refractivity contribution in [1.29, 1.82) is 0 Å². The van der Waals surface area contributed by atoms with Crippen LogP contribution in [0.25, 0.3) is 0 Å². The lowest BCUT2D eigenvalue weighted by molar-refractivity contribution is -0.384. The highest BCUT2D eigenvalue weighted by molar-refractivity contribution is 7.89. The minimum Gasteiger partial charge on any atom is -0.383 e. The van der Waals surface area contributed by atoms with Crippen LogP contribution in [0.3, 0.4) is 0 Å². The number of hydrogen-bond donors (Lipinski definition) is 1. The summed E-state index contributed by atoms with van der Waals surface area (Å²) in [6.45, 7) is 4.26. The van der Waals surface area contributed by atoms with Crippen molar-refractivity contribution in [1.82, 2.24) is 4.31 Å². The first-order valence-electron chi connectivity index (χ1n) is 6.69. The molecule has 1 N–H and O–H groups in total. The number of benzene rings is 1. The molecular weight excluding hydrogens is 294 g/mol. The Morgan fingerprint density at radius 1 is 1.38 bits per heavy atom. The fourth-order valence-electron chi connectivity index (χ4n) is 2.69. The van der Waals surface area contributed by atoms with Crippen LogP contribution in [0.15, 0.2) is 23.1 Å². The fourth-order valence-corrected chi connectivity index (χ4v) is 4.56. The third-order valence-corrected chi connectivity index (χ3v) is 5.95. The molecule has 1 aliphatic heterocycles. The zero-order chi connectivity index (χ0) is 15.8. The summed E-state index contributed by atoms with van der Waals surface area (Å²) in [7, 11) is -2.12. The van der Waals surface area contributed by atoms with Gasteiger partial charge in [-0.25, -0.2) is 8.42 Å². The summed E-state index contributed by atoms with van der Waals surface area (Å²) in [6.07, 6.45) is 1.62. The normalized spacial score (nSPS) is 18.6. The topological polar surface area (TPSA) is 92.6 Å². The molecule has 116 valence electrons. The zero-order valence-electron chi connectivity index (χ0n) is 12.3. The molecule has 7 nitrogen and oxygen atoms in total. The summed E-state index contributed by atoms with van der Waals surface area (Å²) in [5.41, 5.74) is -0.379. The Morgan fingerprint density at radius 3 is 2.52 bits per heavy atom. The summed E-state index contributed by atoms with van der Waals surface area (Å²) < 4.78 is 26.9. The molecule has 1 fully saturated rings. The van der Waals surface area contributed by atoms with Crippen LogP contribution in [0.4, 0.5) is 11.4 Å². The van der Waals surface area contributed by atoms with Crippen molar-refractivity contribution in [2.45, 2.75) is 37.1 Å². The van der Waals surface area contributed by atoms with E-state index in [9.17, 15) is 18.5 Å². The Kier molecular flexibility index (Phi) is 3.94. The molecule has 0 radical (unpaired) electrons. The predicted molar refractivity (Wildman–Crippen MR) is 79.8 cm³/mol. The second-order valence-corrected chi connectivity index (χ2v) is 7.54. The summed E-state index contributed by atoms with van der Waals surface area (Å²) in [4.78, 5) is 10.4. The van der Waals surface area contributed by atoms with Crippen molar-refractivity contribution in [3.8, 4) is 0 Å². The molecule has 0 saturated carbocycles. The van der Waals surface area contributed by atoms with Crippen molar-refractivity contribution < 1.29 is 13.3 Å². The Labute approximate surface area is 124 Å². The van der Waals surface area contributed by atoms with E-state index in [0.717, 1.165) is 12.8 Å². The quantitative estimate of drug-likeness (QED) is 0.679. The van der Waals surface area contributed by atoms with Gasteiger partial charge < -0.3 is 5.32 Å². The molecule has 1 heterocycles. The van der Waals surface area contributed by atoms with Gasteiger partial charge in [0.15, 0.2) is 0 Å². The van der Waals surface area contributed by atoms with Crippen LogP contribution in [-0.2, 0) is 10.0 Å². The first kappa shape index (κ1) is 15.7. The van der Waals surface area contributed by atoms with Gasteiger partial charge in [0.1, 0.15) is 5.69 Å². The lowest BCUT2D eigenvalue weighted by Crippen LogP contribution is -2.42. The molecule has 2 rings (SSSR count). The molecule has 0 atom stereocenters. The second-order valence-electron chi connectivity index (χ2n) is 5.68. The Morgan fingerprint density at radius 2 is 2.05 bits per heavy atom. The third kappa shape index (κ3) is 2.73. The molecule has 0 bridgehead atoms. The van der Waals surface area contributed by atoms with E-state index in [-0.39, 0.29) is 16.3 Å². The monoisotopic (exact) mass is 313 g/mol. The first-order chi connectivity index (χ1) is 9.70. The van der Waals surface area contributed by atoms with Gasteiger partial charge >= 0.3 is 0 Å². The number of nitro benzene ring substituents is 1. The molecule has 0 unspecified atom stereocenters. The van der Waals surface area contributed by atoms with Crippen LogP contribution in [-0.4, -0.2) is 36.8 Å². The maximum Gasteiger partial charge on any atom is 0.292 e. The average molecular weight is 313 g/mol. The van der Waals surface area contributed by atoms with E-state index in [4.69, 9.17) is 0 Å². The Bertz CT molecular complexity index is 670. The van der Waals surface area contributed by atoms with Crippen LogP contribution in [0.2, 0.25) is 0 Å². The van der Waals surface area contributed by atoms with Crippen LogP contribution >= 0.6 is 0 Å². The number of nitrogens with zero attached hydrogens (tertiary/aromatic N) is 2.